The summed E-state index contributed by atoms with van der Waals surface area (Å²) in [5.41, 5.74) is 1.05. The van der Waals surface area contributed by atoms with E-state index in [9.17, 15) is 4.79 Å². The first-order valence-electron chi connectivity index (χ1n) is 9.12. The number of hydrogen-bond donors (Lipinski definition) is 2. The number of carbonyl (C=O) groups excluding carboxylic acids is 1. The van der Waals surface area contributed by atoms with Gasteiger partial charge < -0.3 is 15.5 Å². The lowest BCUT2D eigenvalue weighted by Gasteiger charge is -2.38. The number of benzene rings is 1. The molecule has 5 heteroatoms. The molecule has 0 bridgehead atoms. The van der Waals surface area contributed by atoms with E-state index in [0.29, 0.717) is 18.3 Å². The van der Waals surface area contributed by atoms with Crippen molar-refractivity contribution in [2.24, 2.45) is 11.8 Å². The molecule has 0 aromatic heterocycles. The molecule has 0 aliphatic carbocycles. The smallest absolute Gasteiger partial charge is 0.223 e. The van der Waals surface area contributed by atoms with Crippen LogP contribution in [0, 0.1) is 11.8 Å². The zero-order chi connectivity index (χ0) is 16.9. The predicted octanol–water partition coefficient (Wildman–Crippen LogP) is 2.84. The number of piperidine rings is 1. The lowest BCUT2D eigenvalue weighted by molar-refractivity contribution is -0.136. The fraction of sp³-hybridized carbons (Fsp3) is 0.632. The van der Waals surface area contributed by atoms with Crippen LogP contribution in [0.3, 0.4) is 0 Å². The zero-order valence-corrected chi connectivity index (χ0v) is 15.2. The Hall–Kier alpha value is -1.10. The van der Waals surface area contributed by atoms with Gasteiger partial charge in [-0.1, -0.05) is 36.7 Å². The van der Waals surface area contributed by atoms with Crippen molar-refractivity contribution in [1.29, 1.82) is 0 Å². The molecule has 2 aliphatic rings. The molecule has 1 aromatic carbocycles. The molecule has 0 spiro atoms. The van der Waals surface area contributed by atoms with Crippen LogP contribution in [0.5, 0.6) is 0 Å². The maximum Gasteiger partial charge on any atom is 0.223 e. The average Bonchev–Trinajstić information content (AvgIpc) is 2.63. The van der Waals surface area contributed by atoms with Crippen molar-refractivity contribution in [1.82, 2.24) is 15.5 Å². The molecule has 2 heterocycles. The summed E-state index contributed by atoms with van der Waals surface area (Å²) < 4.78 is 0. The Morgan fingerprint density at radius 1 is 1.25 bits per heavy atom. The fourth-order valence-corrected chi connectivity index (χ4v) is 4.26. The van der Waals surface area contributed by atoms with Crippen LogP contribution in [0.1, 0.15) is 37.8 Å². The summed E-state index contributed by atoms with van der Waals surface area (Å²) in [7, 11) is 0. The third-order valence-corrected chi connectivity index (χ3v) is 5.86. The highest BCUT2D eigenvalue weighted by Gasteiger charge is 2.31. The minimum atomic E-state index is 0.0418. The van der Waals surface area contributed by atoms with E-state index in [1.54, 1.807) is 0 Å². The fourth-order valence-electron chi connectivity index (χ4n) is 4.00. The third-order valence-electron chi connectivity index (χ3n) is 5.51. The molecule has 2 fully saturated rings. The van der Waals surface area contributed by atoms with Crippen LogP contribution in [-0.4, -0.2) is 43.5 Å². The standard InChI is InChI=1S/C19H28ClN3O/c1-14(15-6-8-21-9-7-15)12-19(24)23-11-10-22-13-18(23)16-4-2-3-5-17(16)20/h2-5,14-15,18,21-22H,6-13H2,1H3. The Morgan fingerprint density at radius 2 is 2.00 bits per heavy atom. The van der Waals surface area contributed by atoms with Crippen LogP contribution in [0.15, 0.2) is 24.3 Å². The summed E-state index contributed by atoms with van der Waals surface area (Å²) in [6.07, 6.45) is 3.01. The van der Waals surface area contributed by atoms with Crippen molar-refractivity contribution in [3.8, 4) is 0 Å². The van der Waals surface area contributed by atoms with Crippen LogP contribution in [0.2, 0.25) is 5.02 Å². The Kier molecular flexibility index (Phi) is 6.14. The molecule has 132 valence electrons. The van der Waals surface area contributed by atoms with Gasteiger partial charge in [-0.15, -0.1) is 0 Å². The lowest BCUT2D eigenvalue weighted by Crippen LogP contribution is -2.49. The van der Waals surface area contributed by atoms with Crippen LogP contribution >= 0.6 is 11.6 Å². The first-order chi connectivity index (χ1) is 11.7. The first-order valence-corrected chi connectivity index (χ1v) is 9.50. The largest absolute Gasteiger partial charge is 0.333 e. The summed E-state index contributed by atoms with van der Waals surface area (Å²) in [6.45, 7) is 6.79. The van der Waals surface area contributed by atoms with Gasteiger partial charge in [-0.25, -0.2) is 0 Å². The van der Waals surface area contributed by atoms with Crippen molar-refractivity contribution in [3.63, 3.8) is 0 Å². The molecule has 2 unspecified atom stereocenters. The van der Waals surface area contributed by atoms with Gasteiger partial charge in [-0.2, -0.15) is 0 Å². The van der Waals surface area contributed by atoms with E-state index in [4.69, 9.17) is 11.6 Å². The van der Waals surface area contributed by atoms with Gasteiger partial charge in [0, 0.05) is 31.1 Å². The molecule has 1 aromatic rings. The van der Waals surface area contributed by atoms with Crippen molar-refractivity contribution in [2.45, 2.75) is 32.2 Å². The molecule has 4 nitrogen and oxygen atoms in total. The highest BCUT2D eigenvalue weighted by molar-refractivity contribution is 6.31. The van der Waals surface area contributed by atoms with Gasteiger partial charge in [0.15, 0.2) is 0 Å². The molecule has 0 saturated carbocycles. The maximum absolute atomic E-state index is 13.0. The second-order valence-electron chi connectivity index (χ2n) is 7.10. The Morgan fingerprint density at radius 3 is 2.75 bits per heavy atom. The quantitative estimate of drug-likeness (QED) is 0.878. The highest BCUT2D eigenvalue weighted by Crippen LogP contribution is 2.31. The molecule has 3 rings (SSSR count). The van der Waals surface area contributed by atoms with Gasteiger partial charge in [0.25, 0.3) is 0 Å². The number of nitrogens with one attached hydrogen (secondary N) is 2. The molecular weight excluding hydrogens is 322 g/mol. The molecule has 1 amide bonds. The number of piperazine rings is 1. The van der Waals surface area contributed by atoms with E-state index in [2.05, 4.69) is 17.6 Å². The maximum atomic E-state index is 13.0. The lowest BCUT2D eigenvalue weighted by atomic mass is 9.83. The monoisotopic (exact) mass is 349 g/mol. The van der Waals surface area contributed by atoms with Gasteiger partial charge in [-0.3, -0.25) is 4.79 Å². The summed E-state index contributed by atoms with van der Waals surface area (Å²) in [4.78, 5) is 15.0. The number of amides is 1. The molecule has 2 aliphatic heterocycles. The minimum Gasteiger partial charge on any atom is -0.333 e. The Labute approximate surface area is 149 Å². The normalized spacial score (nSPS) is 23.9. The van der Waals surface area contributed by atoms with E-state index in [0.717, 1.165) is 43.3 Å². The summed E-state index contributed by atoms with van der Waals surface area (Å²) in [6, 6.07) is 7.92. The molecule has 2 N–H and O–H groups in total. The van der Waals surface area contributed by atoms with E-state index >= 15 is 0 Å². The SMILES string of the molecule is CC(CC(=O)N1CCNCC1c1ccccc1Cl)C1CCNCC1. The van der Waals surface area contributed by atoms with Crippen LogP contribution in [-0.2, 0) is 4.79 Å². The van der Waals surface area contributed by atoms with Crippen LogP contribution < -0.4 is 10.6 Å². The number of hydrogen-bond acceptors (Lipinski definition) is 3. The average molecular weight is 350 g/mol. The molecule has 2 saturated heterocycles. The van der Waals surface area contributed by atoms with Crippen LogP contribution in [0.4, 0.5) is 0 Å². The van der Waals surface area contributed by atoms with Crippen molar-refractivity contribution in [3.05, 3.63) is 34.9 Å². The van der Waals surface area contributed by atoms with E-state index < -0.39 is 0 Å². The molecule has 24 heavy (non-hydrogen) atoms. The first kappa shape index (κ1) is 17.7. The topological polar surface area (TPSA) is 44.4 Å². The van der Waals surface area contributed by atoms with Gasteiger partial charge in [0.2, 0.25) is 5.91 Å². The van der Waals surface area contributed by atoms with Crippen molar-refractivity contribution < 1.29 is 4.79 Å². The minimum absolute atomic E-state index is 0.0418. The highest BCUT2D eigenvalue weighted by atomic mass is 35.5. The summed E-state index contributed by atoms with van der Waals surface area (Å²) in [5.74, 6) is 1.38. The van der Waals surface area contributed by atoms with E-state index in [1.165, 1.54) is 12.8 Å². The van der Waals surface area contributed by atoms with Gasteiger partial charge in [0.1, 0.15) is 0 Å². The number of carbonyl (C=O) groups is 1. The van der Waals surface area contributed by atoms with Gasteiger partial charge in [0.05, 0.1) is 6.04 Å². The van der Waals surface area contributed by atoms with E-state index in [1.807, 2.05) is 29.2 Å². The Balaban J connectivity index is 1.68. The van der Waals surface area contributed by atoms with Crippen molar-refractivity contribution in [2.75, 3.05) is 32.7 Å². The second-order valence-corrected chi connectivity index (χ2v) is 7.50. The Bertz CT molecular complexity index is 559. The predicted molar refractivity (Wildman–Crippen MR) is 98.2 cm³/mol. The number of halogens is 1. The summed E-state index contributed by atoms with van der Waals surface area (Å²) in [5, 5.41) is 7.55. The number of nitrogens with zero attached hydrogens (tertiary/aromatic N) is 1. The molecule has 0 radical (unpaired) electrons. The van der Waals surface area contributed by atoms with Crippen LogP contribution in [0.25, 0.3) is 0 Å². The second kappa shape index (κ2) is 8.32. The van der Waals surface area contributed by atoms with Crippen molar-refractivity contribution >= 4 is 17.5 Å². The molecule has 2 atom stereocenters. The third kappa shape index (κ3) is 4.11. The van der Waals surface area contributed by atoms with Gasteiger partial charge >= 0.3 is 0 Å². The zero-order valence-electron chi connectivity index (χ0n) is 14.4. The molecular formula is C19H28ClN3O. The summed E-state index contributed by atoms with van der Waals surface area (Å²) >= 11 is 6.38. The number of rotatable bonds is 4. The van der Waals surface area contributed by atoms with Gasteiger partial charge in [-0.05, 0) is 49.4 Å². The van der Waals surface area contributed by atoms with E-state index in [-0.39, 0.29) is 11.9 Å².